The summed E-state index contributed by atoms with van der Waals surface area (Å²) in [5.41, 5.74) is 0. The standard InChI is InChI=1S/C10H8O4S.K/c11-15(12,13)14-10-6-5-8-3-1-2-4-9(8)7-10;/h1-7H,(H,11,12,13);/q;+1/p-1. The van der Waals surface area contributed by atoms with E-state index < -0.39 is 10.4 Å². The molecule has 16 heavy (non-hydrogen) atoms. The molecule has 4 nitrogen and oxygen atoms in total. The third kappa shape index (κ3) is 3.81. The molecule has 0 bridgehead atoms. The SMILES string of the molecule is O=S(=O)([O-])Oc1ccc2ccccc2c1.[K+]. The smallest absolute Gasteiger partial charge is 0.716 e. The van der Waals surface area contributed by atoms with Gasteiger partial charge in [-0.15, -0.1) is 0 Å². The van der Waals surface area contributed by atoms with E-state index in [1.807, 2.05) is 18.2 Å². The Morgan fingerprint density at radius 1 is 1.00 bits per heavy atom. The van der Waals surface area contributed by atoms with Crippen LogP contribution in [-0.2, 0) is 10.4 Å². The molecule has 0 N–H and O–H groups in total. The van der Waals surface area contributed by atoms with Crippen molar-refractivity contribution in [2.45, 2.75) is 0 Å². The first-order valence-electron chi connectivity index (χ1n) is 4.19. The molecule has 0 unspecified atom stereocenters. The summed E-state index contributed by atoms with van der Waals surface area (Å²) in [5.74, 6) is 0.0312. The fourth-order valence-electron chi connectivity index (χ4n) is 1.34. The molecular formula is C10H7KO4S. The van der Waals surface area contributed by atoms with Crippen LogP contribution in [0, 0.1) is 0 Å². The van der Waals surface area contributed by atoms with E-state index in [0.717, 1.165) is 10.8 Å². The quantitative estimate of drug-likeness (QED) is 0.383. The minimum absolute atomic E-state index is 0. The molecule has 2 aromatic carbocycles. The minimum atomic E-state index is -4.70. The van der Waals surface area contributed by atoms with Crippen LogP contribution in [0.4, 0.5) is 0 Å². The van der Waals surface area contributed by atoms with Crippen LogP contribution in [0.2, 0.25) is 0 Å². The van der Waals surface area contributed by atoms with Crippen LogP contribution < -0.4 is 55.6 Å². The topological polar surface area (TPSA) is 66.4 Å². The number of hydrogen-bond acceptors (Lipinski definition) is 4. The molecule has 2 rings (SSSR count). The summed E-state index contributed by atoms with van der Waals surface area (Å²) in [6.45, 7) is 0. The second kappa shape index (κ2) is 5.59. The maximum Gasteiger partial charge on any atom is 1.00 e. The maximum atomic E-state index is 10.4. The zero-order chi connectivity index (χ0) is 10.9. The van der Waals surface area contributed by atoms with Crippen LogP contribution in [-0.4, -0.2) is 13.0 Å². The van der Waals surface area contributed by atoms with Crippen molar-refractivity contribution in [3.8, 4) is 5.75 Å². The molecule has 0 radical (unpaired) electrons. The Bertz CT molecular complexity index is 595. The van der Waals surface area contributed by atoms with Gasteiger partial charge >= 0.3 is 51.4 Å². The summed E-state index contributed by atoms with van der Waals surface area (Å²) < 4.78 is 35.3. The van der Waals surface area contributed by atoms with Crippen molar-refractivity contribution in [3.05, 3.63) is 42.5 Å². The van der Waals surface area contributed by atoms with E-state index in [2.05, 4.69) is 4.18 Å². The van der Waals surface area contributed by atoms with Gasteiger partial charge in [0.15, 0.2) is 0 Å². The maximum absolute atomic E-state index is 10.4. The Morgan fingerprint density at radius 2 is 1.62 bits per heavy atom. The molecule has 2 aromatic rings. The van der Waals surface area contributed by atoms with Gasteiger partial charge in [-0.2, -0.15) is 0 Å². The molecule has 0 heterocycles. The number of hydrogen-bond donors (Lipinski definition) is 0. The first kappa shape index (κ1) is 14.1. The molecule has 0 fully saturated rings. The monoisotopic (exact) mass is 262 g/mol. The van der Waals surface area contributed by atoms with Crippen molar-refractivity contribution in [3.63, 3.8) is 0 Å². The Labute approximate surface area is 136 Å². The van der Waals surface area contributed by atoms with E-state index in [9.17, 15) is 13.0 Å². The van der Waals surface area contributed by atoms with Crippen molar-refractivity contribution in [1.82, 2.24) is 0 Å². The van der Waals surface area contributed by atoms with Crippen LogP contribution in [0.3, 0.4) is 0 Å². The summed E-state index contributed by atoms with van der Waals surface area (Å²) in [5, 5.41) is 1.77. The molecule has 6 heteroatoms. The number of rotatable bonds is 2. The minimum Gasteiger partial charge on any atom is -0.716 e. The van der Waals surface area contributed by atoms with Gasteiger partial charge in [0.05, 0.1) is 0 Å². The van der Waals surface area contributed by atoms with Crippen LogP contribution in [0.5, 0.6) is 5.75 Å². The van der Waals surface area contributed by atoms with Gasteiger partial charge in [0.2, 0.25) is 0 Å². The average molecular weight is 262 g/mol. The van der Waals surface area contributed by atoms with Crippen LogP contribution in [0.25, 0.3) is 10.8 Å². The van der Waals surface area contributed by atoms with Crippen molar-refractivity contribution >= 4 is 21.2 Å². The number of benzene rings is 2. The fraction of sp³-hybridized carbons (Fsp3) is 0. The van der Waals surface area contributed by atoms with E-state index in [4.69, 9.17) is 0 Å². The summed E-state index contributed by atoms with van der Waals surface area (Å²) in [6, 6.07) is 12.0. The van der Waals surface area contributed by atoms with Crippen molar-refractivity contribution in [2.75, 3.05) is 0 Å². The zero-order valence-electron chi connectivity index (χ0n) is 8.58. The first-order valence-corrected chi connectivity index (χ1v) is 5.52. The number of fused-ring (bicyclic) bond motifs is 1. The average Bonchev–Trinajstić information content (AvgIpc) is 2.15. The van der Waals surface area contributed by atoms with Gasteiger partial charge in [0, 0.05) is 0 Å². The van der Waals surface area contributed by atoms with Crippen molar-refractivity contribution in [1.29, 1.82) is 0 Å². The van der Waals surface area contributed by atoms with Gasteiger partial charge in [-0.05, 0) is 22.9 Å². The second-order valence-corrected chi connectivity index (χ2v) is 3.98. The summed E-state index contributed by atoms with van der Waals surface area (Å²) in [6.07, 6.45) is 0. The molecule has 0 aliphatic rings. The largest absolute Gasteiger partial charge is 1.00 e. The van der Waals surface area contributed by atoms with Crippen molar-refractivity contribution in [2.24, 2.45) is 0 Å². The molecular weight excluding hydrogens is 255 g/mol. The summed E-state index contributed by atoms with van der Waals surface area (Å²) in [4.78, 5) is 0. The Kier molecular flexibility index (Phi) is 4.93. The second-order valence-electron chi connectivity index (χ2n) is 3.00. The summed E-state index contributed by atoms with van der Waals surface area (Å²) >= 11 is 0. The van der Waals surface area contributed by atoms with Crippen LogP contribution in [0.15, 0.2) is 42.5 Å². The zero-order valence-corrected chi connectivity index (χ0v) is 12.5. The first-order chi connectivity index (χ1) is 7.04. The Balaban J connectivity index is 0.00000128. The molecule has 0 amide bonds. The van der Waals surface area contributed by atoms with E-state index in [1.165, 1.54) is 12.1 Å². The molecule has 0 aliphatic heterocycles. The van der Waals surface area contributed by atoms with E-state index in [1.54, 1.807) is 12.1 Å². The van der Waals surface area contributed by atoms with Gasteiger partial charge < -0.3 is 8.74 Å². The predicted octanol–water partition coefficient (Wildman–Crippen LogP) is -1.32. The van der Waals surface area contributed by atoms with E-state index in [-0.39, 0.29) is 57.1 Å². The summed E-state index contributed by atoms with van der Waals surface area (Å²) in [7, 11) is -4.70. The van der Waals surface area contributed by atoms with Gasteiger partial charge in [0.25, 0.3) is 10.4 Å². The van der Waals surface area contributed by atoms with Gasteiger partial charge in [-0.3, -0.25) is 0 Å². The fourth-order valence-corrected chi connectivity index (χ4v) is 1.68. The van der Waals surface area contributed by atoms with Crippen molar-refractivity contribution < 1.29 is 68.5 Å². The molecule has 0 aromatic heterocycles. The third-order valence-electron chi connectivity index (χ3n) is 1.92. The van der Waals surface area contributed by atoms with Gasteiger partial charge in [-0.25, -0.2) is 8.42 Å². The predicted molar refractivity (Wildman–Crippen MR) is 54.3 cm³/mol. The van der Waals surface area contributed by atoms with E-state index in [0.29, 0.717) is 0 Å². The van der Waals surface area contributed by atoms with Crippen LogP contribution in [0.1, 0.15) is 0 Å². The molecule has 0 saturated carbocycles. The Morgan fingerprint density at radius 3 is 2.25 bits per heavy atom. The third-order valence-corrected chi connectivity index (χ3v) is 2.32. The molecule has 0 aliphatic carbocycles. The molecule has 0 saturated heterocycles. The molecule has 0 atom stereocenters. The molecule has 0 spiro atoms. The normalized spacial score (nSPS) is 10.8. The van der Waals surface area contributed by atoms with E-state index >= 15 is 0 Å². The van der Waals surface area contributed by atoms with Gasteiger partial charge in [0.1, 0.15) is 5.75 Å². The Hall–Kier alpha value is 0.0464. The van der Waals surface area contributed by atoms with Crippen LogP contribution >= 0.6 is 0 Å². The molecule has 78 valence electrons. The van der Waals surface area contributed by atoms with Gasteiger partial charge in [-0.1, -0.05) is 30.3 Å².